The number of carbonyl (C=O) groups is 2. The summed E-state index contributed by atoms with van der Waals surface area (Å²) in [5.74, 6) is 0.856. The minimum Gasteiger partial charge on any atom is -0.497 e. The van der Waals surface area contributed by atoms with Gasteiger partial charge in [0.1, 0.15) is 11.4 Å². The van der Waals surface area contributed by atoms with Crippen molar-refractivity contribution in [1.29, 1.82) is 0 Å². The van der Waals surface area contributed by atoms with Crippen LogP contribution in [0.25, 0.3) is 0 Å². The van der Waals surface area contributed by atoms with Crippen LogP contribution in [-0.2, 0) is 4.74 Å². The maximum absolute atomic E-state index is 12.5. The predicted octanol–water partition coefficient (Wildman–Crippen LogP) is 2.02. The zero-order valence-electron chi connectivity index (χ0n) is 15.9. The molecule has 1 aliphatic rings. The fraction of sp³-hybridized carbons (Fsp3) is 0.368. The molecule has 1 aliphatic heterocycles. The number of methoxy groups -OCH3 is 1. The molecule has 28 heavy (non-hydrogen) atoms. The molecule has 1 N–H and O–H groups in total. The molecule has 0 unspecified atom stereocenters. The van der Waals surface area contributed by atoms with Gasteiger partial charge in [-0.3, -0.25) is 4.79 Å². The number of amides is 2. The maximum Gasteiger partial charge on any atom is 0.409 e. The molecule has 0 aliphatic carbocycles. The largest absolute Gasteiger partial charge is 0.497 e. The second-order valence-electron chi connectivity index (χ2n) is 6.10. The Labute approximate surface area is 163 Å². The van der Waals surface area contributed by atoms with Crippen molar-refractivity contribution in [2.45, 2.75) is 6.92 Å². The van der Waals surface area contributed by atoms with Crippen LogP contribution < -0.4 is 15.0 Å². The molecule has 1 saturated heterocycles. The quantitative estimate of drug-likeness (QED) is 0.841. The van der Waals surface area contributed by atoms with Crippen molar-refractivity contribution in [3.05, 3.63) is 42.2 Å². The van der Waals surface area contributed by atoms with Crippen LogP contribution in [-0.4, -0.2) is 66.8 Å². The summed E-state index contributed by atoms with van der Waals surface area (Å²) in [6.07, 6.45) is 1.25. The minimum absolute atomic E-state index is 0.272. The average Bonchev–Trinajstić information content (AvgIpc) is 2.74. The normalized spacial score (nSPS) is 13.8. The first-order chi connectivity index (χ1) is 13.6. The molecule has 2 amide bonds. The lowest BCUT2D eigenvalue weighted by molar-refractivity contribution is 0.102. The molecule has 1 aromatic carbocycles. The fourth-order valence-electron chi connectivity index (χ4n) is 2.80. The number of nitrogens with zero attached hydrogens (tertiary/aromatic N) is 4. The van der Waals surface area contributed by atoms with Crippen LogP contribution in [0.3, 0.4) is 0 Å². The van der Waals surface area contributed by atoms with Gasteiger partial charge in [-0.1, -0.05) is 0 Å². The van der Waals surface area contributed by atoms with Gasteiger partial charge in [-0.05, 0) is 37.3 Å². The summed E-state index contributed by atoms with van der Waals surface area (Å²) < 4.78 is 10.1. The Morgan fingerprint density at radius 1 is 1.11 bits per heavy atom. The van der Waals surface area contributed by atoms with E-state index in [2.05, 4.69) is 15.3 Å². The molecule has 148 valence electrons. The molecule has 3 rings (SSSR count). The Morgan fingerprint density at radius 2 is 1.82 bits per heavy atom. The van der Waals surface area contributed by atoms with E-state index in [-0.39, 0.29) is 17.7 Å². The molecule has 2 heterocycles. The average molecular weight is 385 g/mol. The topological polar surface area (TPSA) is 96.9 Å². The molecule has 0 spiro atoms. The van der Waals surface area contributed by atoms with Crippen molar-refractivity contribution >= 4 is 23.6 Å². The molecule has 9 heteroatoms. The van der Waals surface area contributed by atoms with E-state index in [9.17, 15) is 9.59 Å². The van der Waals surface area contributed by atoms with Crippen molar-refractivity contribution in [3.63, 3.8) is 0 Å². The molecule has 0 bridgehead atoms. The highest BCUT2D eigenvalue weighted by molar-refractivity contribution is 6.03. The first kappa shape index (κ1) is 19.4. The van der Waals surface area contributed by atoms with Crippen molar-refractivity contribution in [1.82, 2.24) is 14.9 Å². The van der Waals surface area contributed by atoms with E-state index in [4.69, 9.17) is 9.47 Å². The highest BCUT2D eigenvalue weighted by Crippen LogP contribution is 2.16. The standard InChI is InChI=1S/C19H23N5O4/c1-3-28-19(26)24-12-10-23(11-13-24)18-20-9-8-16(22-18)17(25)21-14-4-6-15(27-2)7-5-14/h4-9H,3,10-13H2,1-2H3,(H,21,25). The third kappa shape index (κ3) is 4.67. The summed E-state index contributed by atoms with van der Waals surface area (Å²) in [4.78, 5) is 36.5. The van der Waals surface area contributed by atoms with Gasteiger partial charge >= 0.3 is 6.09 Å². The Bertz CT molecular complexity index is 819. The van der Waals surface area contributed by atoms with Gasteiger partial charge in [-0.2, -0.15) is 0 Å². The summed E-state index contributed by atoms with van der Waals surface area (Å²) in [6.45, 7) is 4.32. The summed E-state index contributed by atoms with van der Waals surface area (Å²) in [7, 11) is 1.59. The minimum atomic E-state index is -0.320. The van der Waals surface area contributed by atoms with Crippen LogP contribution in [0.5, 0.6) is 5.75 Å². The molecular formula is C19H23N5O4. The molecular weight excluding hydrogens is 362 g/mol. The number of carbonyl (C=O) groups excluding carboxylic acids is 2. The monoisotopic (exact) mass is 385 g/mol. The van der Waals surface area contributed by atoms with E-state index in [1.165, 1.54) is 0 Å². The maximum atomic E-state index is 12.5. The van der Waals surface area contributed by atoms with Gasteiger partial charge in [-0.15, -0.1) is 0 Å². The Kier molecular flexibility index (Phi) is 6.25. The SMILES string of the molecule is CCOC(=O)N1CCN(c2nccc(C(=O)Nc3ccc(OC)cc3)n2)CC1. The highest BCUT2D eigenvalue weighted by Gasteiger charge is 2.23. The fourth-order valence-corrected chi connectivity index (χ4v) is 2.80. The van der Waals surface area contributed by atoms with Gasteiger partial charge in [0.2, 0.25) is 5.95 Å². The third-order valence-electron chi connectivity index (χ3n) is 4.31. The zero-order valence-corrected chi connectivity index (χ0v) is 15.9. The summed E-state index contributed by atoms with van der Waals surface area (Å²) >= 11 is 0. The van der Waals surface area contributed by atoms with Crippen LogP contribution in [0, 0.1) is 0 Å². The number of nitrogens with one attached hydrogen (secondary N) is 1. The molecule has 1 fully saturated rings. The highest BCUT2D eigenvalue weighted by atomic mass is 16.6. The molecule has 0 saturated carbocycles. The van der Waals surface area contributed by atoms with Crippen LogP contribution in [0.1, 0.15) is 17.4 Å². The van der Waals surface area contributed by atoms with E-state index in [0.29, 0.717) is 50.2 Å². The number of anilines is 2. The predicted molar refractivity (Wildman–Crippen MR) is 104 cm³/mol. The summed E-state index contributed by atoms with van der Waals surface area (Å²) in [5.41, 5.74) is 0.919. The molecule has 0 atom stereocenters. The zero-order chi connectivity index (χ0) is 19.9. The first-order valence-electron chi connectivity index (χ1n) is 9.06. The van der Waals surface area contributed by atoms with Gasteiger partial charge in [0.05, 0.1) is 13.7 Å². The van der Waals surface area contributed by atoms with Crippen LogP contribution >= 0.6 is 0 Å². The van der Waals surface area contributed by atoms with Crippen LogP contribution in [0.2, 0.25) is 0 Å². The lowest BCUT2D eigenvalue weighted by Gasteiger charge is -2.34. The number of piperazine rings is 1. The number of hydrogen-bond donors (Lipinski definition) is 1. The molecule has 2 aromatic rings. The lowest BCUT2D eigenvalue weighted by atomic mass is 10.3. The summed E-state index contributed by atoms with van der Waals surface area (Å²) in [5, 5.41) is 2.80. The first-order valence-corrected chi connectivity index (χ1v) is 9.06. The van der Waals surface area contributed by atoms with Crippen LogP contribution in [0.15, 0.2) is 36.5 Å². The number of ether oxygens (including phenoxy) is 2. The number of rotatable bonds is 5. The van der Waals surface area contributed by atoms with Gasteiger partial charge < -0.3 is 24.6 Å². The van der Waals surface area contributed by atoms with Crippen molar-refractivity contribution in [3.8, 4) is 5.75 Å². The van der Waals surface area contributed by atoms with Gasteiger partial charge in [0.25, 0.3) is 5.91 Å². The van der Waals surface area contributed by atoms with E-state index >= 15 is 0 Å². The molecule has 0 radical (unpaired) electrons. The van der Waals surface area contributed by atoms with Crippen molar-refractivity contribution in [2.24, 2.45) is 0 Å². The van der Waals surface area contributed by atoms with E-state index in [1.54, 1.807) is 55.5 Å². The second kappa shape index (κ2) is 9.03. The van der Waals surface area contributed by atoms with Crippen molar-refractivity contribution < 1.29 is 19.1 Å². The summed E-state index contributed by atoms with van der Waals surface area (Å²) in [6, 6.07) is 8.62. The molecule has 1 aromatic heterocycles. The number of benzene rings is 1. The Balaban J connectivity index is 1.62. The Hall–Kier alpha value is -3.36. The van der Waals surface area contributed by atoms with Gasteiger partial charge in [-0.25, -0.2) is 14.8 Å². The van der Waals surface area contributed by atoms with E-state index in [1.807, 2.05) is 4.90 Å². The second-order valence-corrected chi connectivity index (χ2v) is 6.10. The van der Waals surface area contributed by atoms with E-state index < -0.39 is 0 Å². The van der Waals surface area contributed by atoms with Gasteiger partial charge in [0.15, 0.2) is 0 Å². The number of hydrogen-bond acceptors (Lipinski definition) is 7. The van der Waals surface area contributed by atoms with E-state index in [0.717, 1.165) is 0 Å². The molecule has 9 nitrogen and oxygen atoms in total. The number of aromatic nitrogens is 2. The van der Waals surface area contributed by atoms with Crippen LogP contribution in [0.4, 0.5) is 16.4 Å². The third-order valence-corrected chi connectivity index (χ3v) is 4.31. The lowest BCUT2D eigenvalue weighted by Crippen LogP contribution is -2.49. The van der Waals surface area contributed by atoms with Crippen molar-refractivity contribution in [2.75, 3.05) is 50.1 Å². The smallest absolute Gasteiger partial charge is 0.409 e. The van der Waals surface area contributed by atoms with Gasteiger partial charge in [0, 0.05) is 38.1 Å². The Morgan fingerprint density at radius 3 is 2.46 bits per heavy atom.